The van der Waals surface area contributed by atoms with Crippen molar-refractivity contribution in [2.75, 3.05) is 0 Å². The number of hydrogen-bond donors (Lipinski definition) is 0. The van der Waals surface area contributed by atoms with Gasteiger partial charge in [-0.2, -0.15) is 5.26 Å². The molecule has 17 heavy (non-hydrogen) atoms. The number of rotatable bonds is 2. The molecule has 0 radical (unpaired) electrons. The highest BCUT2D eigenvalue weighted by atomic mass is 79.9. The van der Waals surface area contributed by atoms with E-state index < -0.39 is 0 Å². The first kappa shape index (κ1) is 12.1. The molecular formula is C12H5Br2NO2. The normalized spacial score (nSPS) is 9.94. The van der Waals surface area contributed by atoms with Crippen LogP contribution in [-0.2, 0) is 0 Å². The third kappa shape index (κ3) is 2.33. The van der Waals surface area contributed by atoms with Gasteiger partial charge in [-0.1, -0.05) is 15.9 Å². The van der Waals surface area contributed by atoms with Gasteiger partial charge in [0, 0.05) is 14.5 Å². The van der Waals surface area contributed by atoms with Crippen LogP contribution in [0.25, 0.3) is 11.3 Å². The largest absolute Gasteiger partial charge is 0.453 e. The van der Waals surface area contributed by atoms with Gasteiger partial charge >= 0.3 is 0 Å². The quantitative estimate of drug-likeness (QED) is 0.761. The fourth-order valence-electron chi connectivity index (χ4n) is 1.46. The Morgan fingerprint density at radius 2 is 2.06 bits per heavy atom. The Bertz CT molecular complexity index is 626. The van der Waals surface area contributed by atoms with Gasteiger partial charge in [0.15, 0.2) is 12.0 Å². The summed E-state index contributed by atoms with van der Waals surface area (Å²) in [5, 5.41) is 9.09. The van der Waals surface area contributed by atoms with Crippen LogP contribution in [0, 0.1) is 11.3 Å². The Hall–Kier alpha value is -1.38. The van der Waals surface area contributed by atoms with E-state index in [1.54, 1.807) is 18.2 Å². The van der Waals surface area contributed by atoms with E-state index in [-0.39, 0.29) is 5.76 Å². The summed E-state index contributed by atoms with van der Waals surface area (Å²) >= 11 is 6.69. The smallest absolute Gasteiger partial charge is 0.185 e. The summed E-state index contributed by atoms with van der Waals surface area (Å²) in [6.45, 7) is 0. The van der Waals surface area contributed by atoms with E-state index in [2.05, 4.69) is 37.9 Å². The number of benzene rings is 1. The van der Waals surface area contributed by atoms with Crippen molar-refractivity contribution in [3.8, 4) is 17.4 Å². The molecule has 0 aliphatic rings. The monoisotopic (exact) mass is 353 g/mol. The van der Waals surface area contributed by atoms with E-state index in [9.17, 15) is 4.79 Å². The molecule has 2 rings (SSSR count). The van der Waals surface area contributed by atoms with Crippen LogP contribution in [0.5, 0.6) is 0 Å². The van der Waals surface area contributed by atoms with Crippen molar-refractivity contribution < 1.29 is 9.21 Å². The number of nitrogens with zero attached hydrogens (tertiary/aromatic N) is 1. The Morgan fingerprint density at radius 3 is 2.65 bits per heavy atom. The summed E-state index contributed by atoms with van der Waals surface area (Å²) in [6.07, 6.45) is 0.627. The second-order valence-corrected chi connectivity index (χ2v) is 5.01. The fourth-order valence-corrected chi connectivity index (χ4v) is 2.88. The molecule has 3 nitrogen and oxygen atoms in total. The van der Waals surface area contributed by atoms with E-state index in [0.29, 0.717) is 23.2 Å². The maximum atomic E-state index is 10.6. The average Bonchev–Trinajstić information content (AvgIpc) is 2.76. The number of nitriles is 1. The molecule has 1 heterocycles. The van der Waals surface area contributed by atoms with E-state index in [4.69, 9.17) is 9.68 Å². The van der Waals surface area contributed by atoms with E-state index in [1.807, 2.05) is 6.07 Å². The topological polar surface area (TPSA) is 54.0 Å². The predicted octanol–water partition coefficient (Wildman–Crippen LogP) is 4.16. The highest BCUT2D eigenvalue weighted by Gasteiger charge is 2.14. The van der Waals surface area contributed by atoms with Crippen LogP contribution in [0.1, 0.15) is 16.1 Å². The molecule has 0 N–H and O–H groups in total. The number of halogens is 2. The molecule has 0 bridgehead atoms. The molecule has 2 aromatic rings. The molecule has 1 aromatic carbocycles. The average molecular weight is 355 g/mol. The van der Waals surface area contributed by atoms with Crippen molar-refractivity contribution in [2.24, 2.45) is 0 Å². The molecule has 84 valence electrons. The molecule has 0 fully saturated rings. The Balaban J connectivity index is 2.66. The number of carbonyl (C=O) groups excluding carboxylic acids is 1. The maximum absolute atomic E-state index is 10.6. The van der Waals surface area contributed by atoms with Crippen molar-refractivity contribution in [2.45, 2.75) is 0 Å². The summed E-state index contributed by atoms with van der Waals surface area (Å²) in [6, 6.07) is 8.84. The van der Waals surface area contributed by atoms with Crippen molar-refractivity contribution in [1.29, 1.82) is 5.26 Å². The van der Waals surface area contributed by atoms with Gasteiger partial charge in [-0.25, -0.2) is 0 Å². The zero-order valence-electron chi connectivity index (χ0n) is 8.41. The number of hydrogen-bond acceptors (Lipinski definition) is 3. The minimum absolute atomic E-state index is 0.235. The molecule has 0 unspecified atom stereocenters. The second-order valence-electron chi connectivity index (χ2n) is 3.24. The summed E-state index contributed by atoms with van der Waals surface area (Å²) in [4.78, 5) is 10.6. The highest BCUT2D eigenvalue weighted by Crippen LogP contribution is 2.35. The van der Waals surface area contributed by atoms with Crippen LogP contribution < -0.4 is 0 Å². The number of carbonyl (C=O) groups is 1. The Labute approximate surface area is 114 Å². The van der Waals surface area contributed by atoms with Gasteiger partial charge in [-0.05, 0) is 40.2 Å². The Kier molecular flexibility index (Phi) is 3.46. The predicted molar refractivity (Wildman–Crippen MR) is 69.6 cm³/mol. The lowest BCUT2D eigenvalue weighted by Crippen LogP contribution is -1.85. The number of aldehydes is 1. The van der Waals surface area contributed by atoms with Crippen molar-refractivity contribution in [3.05, 3.63) is 44.5 Å². The molecule has 1 aromatic heterocycles. The molecule has 0 spiro atoms. The van der Waals surface area contributed by atoms with E-state index in [0.717, 1.165) is 8.95 Å². The van der Waals surface area contributed by atoms with Gasteiger partial charge in [0.25, 0.3) is 0 Å². The molecule has 0 aliphatic heterocycles. The van der Waals surface area contributed by atoms with E-state index in [1.165, 1.54) is 0 Å². The lowest BCUT2D eigenvalue weighted by Gasteiger charge is -2.04. The van der Waals surface area contributed by atoms with Crippen LogP contribution in [0.2, 0.25) is 0 Å². The lowest BCUT2D eigenvalue weighted by atomic mass is 10.1. The fraction of sp³-hybridized carbons (Fsp3) is 0. The van der Waals surface area contributed by atoms with Crippen LogP contribution in [-0.4, -0.2) is 6.29 Å². The van der Waals surface area contributed by atoms with Crippen LogP contribution in [0.4, 0.5) is 0 Å². The summed E-state index contributed by atoms with van der Waals surface area (Å²) in [5.41, 5.74) is 1.11. The highest BCUT2D eigenvalue weighted by molar-refractivity contribution is 9.11. The first-order chi connectivity index (χ1) is 8.15. The van der Waals surface area contributed by atoms with Gasteiger partial charge in [0.2, 0.25) is 0 Å². The van der Waals surface area contributed by atoms with Gasteiger partial charge in [-0.3, -0.25) is 4.79 Å². The standard InChI is InChI=1S/C12H5Br2NO2/c13-8-3-7(5-15)12(10(14)4-8)11-2-1-9(6-16)17-11/h1-4,6H. The summed E-state index contributed by atoms with van der Waals surface area (Å²) in [7, 11) is 0. The zero-order valence-corrected chi connectivity index (χ0v) is 11.6. The van der Waals surface area contributed by atoms with Crippen molar-refractivity contribution in [1.82, 2.24) is 0 Å². The molecule has 0 saturated heterocycles. The summed E-state index contributed by atoms with van der Waals surface area (Å²) < 4.78 is 6.85. The second kappa shape index (κ2) is 4.86. The molecular weight excluding hydrogens is 350 g/mol. The summed E-state index contributed by atoms with van der Waals surface area (Å²) in [5.74, 6) is 0.724. The number of furan rings is 1. The molecule has 0 atom stereocenters. The van der Waals surface area contributed by atoms with E-state index >= 15 is 0 Å². The lowest BCUT2D eigenvalue weighted by molar-refractivity contribution is 0.110. The van der Waals surface area contributed by atoms with Gasteiger partial charge in [-0.15, -0.1) is 0 Å². The minimum atomic E-state index is 0.235. The molecule has 0 amide bonds. The van der Waals surface area contributed by atoms with Crippen LogP contribution in [0.3, 0.4) is 0 Å². The van der Waals surface area contributed by atoms with Crippen LogP contribution in [0.15, 0.2) is 37.6 Å². The zero-order chi connectivity index (χ0) is 12.4. The van der Waals surface area contributed by atoms with Crippen LogP contribution >= 0.6 is 31.9 Å². The third-order valence-electron chi connectivity index (χ3n) is 2.16. The van der Waals surface area contributed by atoms with Gasteiger partial charge in [0.1, 0.15) is 5.76 Å². The maximum Gasteiger partial charge on any atom is 0.185 e. The SMILES string of the molecule is N#Cc1cc(Br)cc(Br)c1-c1ccc(C=O)o1. The van der Waals surface area contributed by atoms with Gasteiger partial charge in [0.05, 0.1) is 11.6 Å². The first-order valence-corrected chi connectivity index (χ1v) is 6.19. The third-order valence-corrected chi connectivity index (χ3v) is 3.25. The Morgan fingerprint density at radius 1 is 1.29 bits per heavy atom. The molecule has 5 heteroatoms. The molecule has 0 saturated carbocycles. The molecule has 0 aliphatic carbocycles. The first-order valence-electron chi connectivity index (χ1n) is 4.60. The van der Waals surface area contributed by atoms with Crippen molar-refractivity contribution in [3.63, 3.8) is 0 Å². The minimum Gasteiger partial charge on any atom is -0.453 e. The van der Waals surface area contributed by atoms with Crippen molar-refractivity contribution >= 4 is 38.1 Å². The van der Waals surface area contributed by atoms with Gasteiger partial charge < -0.3 is 4.42 Å².